The molecule has 0 bridgehead atoms. The molecule has 0 aromatic carbocycles. The molecule has 1 atom stereocenters. The fourth-order valence-corrected chi connectivity index (χ4v) is 4.12. The monoisotopic (exact) mass is 341 g/mol. The summed E-state index contributed by atoms with van der Waals surface area (Å²) in [6.45, 7) is 7.86. The van der Waals surface area contributed by atoms with E-state index in [0.29, 0.717) is 0 Å². The quantitative estimate of drug-likeness (QED) is 0.844. The number of aromatic nitrogens is 3. The Hall–Kier alpha value is -1.76. The molecule has 4 rings (SSSR count). The van der Waals surface area contributed by atoms with Crippen LogP contribution in [0, 0.1) is 5.41 Å². The van der Waals surface area contributed by atoms with Gasteiger partial charge in [0.05, 0.1) is 19.8 Å². The van der Waals surface area contributed by atoms with Gasteiger partial charge in [-0.1, -0.05) is 6.07 Å². The standard InChI is InChI=1S/C19H27N5O/c1-22-8-6-21-18(22)13-24-9-10-25-16-19(15-24)4-7-23(14-19)12-17-3-2-5-20-11-17/h2-3,5-6,8,11H,4,7,9-10,12-16H2,1H3/t19-/m1/s1. The van der Waals surface area contributed by atoms with E-state index in [0.717, 1.165) is 58.3 Å². The summed E-state index contributed by atoms with van der Waals surface area (Å²) in [6.07, 6.45) is 8.91. The van der Waals surface area contributed by atoms with Gasteiger partial charge in [-0.2, -0.15) is 0 Å². The van der Waals surface area contributed by atoms with E-state index in [9.17, 15) is 0 Å². The van der Waals surface area contributed by atoms with Crippen LogP contribution >= 0.6 is 0 Å². The SMILES string of the molecule is Cn1ccnc1CN1CCOC[C@@]2(CCN(Cc3cccnc3)C2)C1. The molecule has 2 aliphatic heterocycles. The van der Waals surface area contributed by atoms with Gasteiger partial charge in [-0.15, -0.1) is 0 Å². The van der Waals surface area contributed by atoms with Crippen molar-refractivity contribution in [2.75, 3.05) is 39.4 Å². The van der Waals surface area contributed by atoms with Crippen molar-refractivity contribution in [3.63, 3.8) is 0 Å². The lowest BCUT2D eigenvalue weighted by Gasteiger charge is -2.31. The van der Waals surface area contributed by atoms with Crippen LogP contribution < -0.4 is 0 Å². The highest BCUT2D eigenvalue weighted by Crippen LogP contribution is 2.34. The molecule has 2 aliphatic rings. The first kappa shape index (κ1) is 16.7. The number of aryl methyl sites for hydroxylation is 1. The van der Waals surface area contributed by atoms with Crippen LogP contribution in [0.5, 0.6) is 0 Å². The molecule has 6 heteroatoms. The second kappa shape index (κ2) is 7.23. The van der Waals surface area contributed by atoms with Crippen molar-refractivity contribution in [3.8, 4) is 0 Å². The van der Waals surface area contributed by atoms with Crippen molar-refractivity contribution < 1.29 is 4.74 Å². The molecule has 6 nitrogen and oxygen atoms in total. The van der Waals surface area contributed by atoms with Crippen molar-refractivity contribution in [2.45, 2.75) is 19.5 Å². The summed E-state index contributed by atoms with van der Waals surface area (Å²) in [7, 11) is 2.07. The lowest BCUT2D eigenvalue weighted by atomic mass is 9.87. The highest BCUT2D eigenvalue weighted by Gasteiger charge is 2.41. The molecule has 2 saturated heterocycles. The Morgan fingerprint density at radius 1 is 1.16 bits per heavy atom. The average Bonchev–Trinajstić information content (AvgIpc) is 3.13. The zero-order valence-electron chi connectivity index (χ0n) is 15.0. The number of ether oxygens (including phenoxy) is 1. The number of likely N-dealkylation sites (tertiary alicyclic amines) is 1. The largest absolute Gasteiger partial charge is 0.379 e. The van der Waals surface area contributed by atoms with Crippen molar-refractivity contribution in [3.05, 3.63) is 48.3 Å². The molecule has 0 N–H and O–H groups in total. The van der Waals surface area contributed by atoms with E-state index in [1.165, 1.54) is 12.0 Å². The number of hydrogen-bond donors (Lipinski definition) is 0. The normalized spacial score (nSPS) is 25.5. The highest BCUT2D eigenvalue weighted by atomic mass is 16.5. The maximum atomic E-state index is 6.00. The van der Waals surface area contributed by atoms with E-state index in [1.54, 1.807) is 0 Å². The second-order valence-electron chi connectivity index (χ2n) is 7.54. The van der Waals surface area contributed by atoms with Crippen LogP contribution in [-0.2, 0) is 24.9 Å². The maximum Gasteiger partial charge on any atom is 0.122 e. The molecular formula is C19H27N5O. The van der Waals surface area contributed by atoms with E-state index in [1.807, 2.05) is 30.9 Å². The highest BCUT2D eigenvalue weighted by molar-refractivity contribution is 5.09. The molecule has 1 spiro atoms. The van der Waals surface area contributed by atoms with Crippen LogP contribution in [0.25, 0.3) is 0 Å². The molecule has 0 unspecified atom stereocenters. The zero-order valence-corrected chi connectivity index (χ0v) is 15.0. The number of hydrogen-bond acceptors (Lipinski definition) is 5. The van der Waals surface area contributed by atoms with Crippen molar-refractivity contribution in [1.29, 1.82) is 0 Å². The Bertz CT molecular complexity index is 688. The molecule has 2 aromatic heterocycles. The minimum atomic E-state index is 0.240. The minimum absolute atomic E-state index is 0.240. The fraction of sp³-hybridized carbons (Fsp3) is 0.579. The first-order valence-corrected chi connectivity index (χ1v) is 9.10. The third-order valence-electron chi connectivity index (χ3n) is 5.45. The predicted octanol–water partition coefficient (Wildman–Crippen LogP) is 1.54. The molecule has 4 heterocycles. The lowest BCUT2D eigenvalue weighted by Crippen LogP contribution is -2.40. The summed E-state index contributed by atoms with van der Waals surface area (Å²) in [5.74, 6) is 1.13. The maximum absolute atomic E-state index is 6.00. The van der Waals surface area contributed by atoms with Gasteiger partial charge < -0.3 is 9.30 Å². The summed E-state index contributed by atoms with van der Waals surface area (Å²) < 4.78 is 8.12. The van der Waals surface area contributed by atoms with Gasteiger partial charge in [-0.3, -0.25) is 14.8 Å². The van der Waals surface area contributed by atoms with Gasteiger partial charge in [-0.25, -0.2) is 4.98 Å². The van der Waals surface area contributed by atoms with E-state index in [2.05, 4.69) is 37.4 Å². The fourth-order valence-electron chi connectivity index (χ4n) is 4.12. The number of pyridine rings is 1. The molecule has 134 valence electrons. The Balaban J connectivity index is 1.41. The molecule has 0 saturated carbocycles. The van der Waals surface area contributed by atoms with Gasteiger partial charge in [0.15, 0.2) is 0 Å². The van der Waals surface area contributed by atoms with Gasteiger partial charge >= 0.3 is 0 Å². The first-order chi connectivity index (χ1) is 12.2. The van der Waals surface area contributed by atoms with E-state index >= 15 is 0 Å². The second-order valence-corrected chi connectivity index (χ2v) is 7.54. The van der Waals surface area contributed by atoms with E-state index in [4.69, 9.17) is 4.74 Å². The predicted molar refractivity (Wildman–Crippen MR) is 95.9 cm³/mol. The van der Waals surface area contributed by atoms with Crippen LogP contribution in [0.2, 0.25) is 0 Å². The van der Waals surface area contributed by atoms with Gasteiger partial charge in [0, 0.05) is 63.4 Å². The number of imidazole rings is 1. The van der Waals surface area contributed by atoms with Crippen molar-refractivity contribution >= 4 is 0 Å². The number of nitrogens with zero attached hydrogens (tertiary/aromatic N) is 5. The summed E-state index contributed by atoms with van der Waals surface area (Å²) >= 11 is 0. The van der Waals surface area contributed by atoms with Crippen LogP contribution in [0.1, 0.15) is 17.8 Å². The van der Waals surface area contributed by atoms with Gasteiger partial charge in [0.1, 0.15) is 5.82 Å². The molecule has 0 amide bonds. The van der Waals surface area contributed by atoms with Crippen molar-refractivity contribution in [2.24, 2.45) is 12.5 Å². The molecule has 2 aromatic rings. The molecule has 0 aliphatic carbocycles. The van der Waals surface area contributed by atoms with Crippen LogP contribution in [-0.4, -0.2) is 63.7 Å². The summed E-state index contributed by atoms with van der Waals surface area (Å²) in [5.41, 5.74) is 1.53. The Morgan fingerprint density at radius 3 is 2.80 bits per heavy atom. The Kier molecular flexibility index (Phi) is 4.83. The third-order valence-corrected chi connectivity index (χ3v) is 5.45. The molecule has 0 radical (unpaired) electrons. The van der Waals surface area contributed by atoms with Gasteiger partial charge in [-0.05, 0) is 24.6 Å². The zero-order chi connectivity index (χ0) is 17.1. The third kappa shape index (κ3) is 3.92. The average molecular weight is 341 g/mol. The van der Waals surface area contributed by atoms with Crippen LogP contribution in [0.3, 0.4) is 0 Å². The van der Waals surface area contributed by atoms with Gasteiger partial charge in [0.2, 0.25) is 0 Å². The smallest absolute Gasteiger partial charge is 0.122 e. The van der Waals surface area contributed by atoms with Crippen molar-refractivity contribution in [1.82, 2.24) is 24.3 Å². The Labute approximate surface area is 149 Å². The summed E-state index contributed by atoms with van der Waals surface area (Å²) in [4.78, 5) is 13.8. The number of rotatable bonds is 4. The minimum Gasteiger partial charge on any atom is -0.379 e. The summed E-state index contributed by atoms with van der Waals surface area (Å²) in [6, 6.07) is 4.18. The van der Waals surface area contributed by atoms with Crippen LogP contribution in [0.15, 0.2) is 36.9 Å². The first-order valence-electron chi connectivity index (χ1n) is 9.10. The molecular weight excluding hydrogens is 314 g/mol. The van der Waals surface area contributed by atoms with E-state index in [-0.39, 0.29) is 5.41 Å². The lowest BCUT2D eigenvalue weighted by molar-refractivity contribution is 0.0705. The van der Waals surface area contributed by atoms with E-state index < -0.39 is 0 Å². The summed E-state index contributed by atoms with van der Waals surface area (Å²) in [5, 5.41) is 0. The molecule has 25 heavy (non-hydrogen) atoms. The van der Waals surface area contributed by atoms with Crippen LogP contribution in [0.4, 0.5) is 0 Å². The topological polar surface area (TPSA) is 46.4 Å². The van der Waals surface area contributed by atoms with Gasteiger partial charge in [0.25, 0.3) is 0 Å². The Morgan fingerprint density at radius 2 is 2.04 bits per heavy atom. The molecule has 2 fully saturated rings.